The lowest BCUT2D eigenvalue weighted by molar-refractivity contribution is -0.384. The minimum atomic E-state index is -0.676. The Balaban J connectivity index is 3.00. The van der Waals surface area contributed by atoms with Gasteiger partial charge < -0.3 is 5.32 Å². The maximum atomic E-state index is 13.0. The first-order valence-corrected chi connectivity index (χ1v) is 5.76. The summed E-state index contributed by atoms with van der Waals surface area (Å²) in [5, 5.41) is 13.0. The van der Waals surface area contributed by atoms with E-state index in [4.69, 9.17) is 0 Å². The van der Waals surface area contributed by atoms with Gasteiger partial charge in [-0.1, -0.05) is 22.9 Å². The number of halogens is 2. The van der Waals surface area contributed by atoms with Gasteiger partial charge in [0.2, 0.25) is 5.91 Å². The highest BCUT2D eigenvalue weighted by Crippen LogP contribution is 2.25. The van der Waals surface area contributed by atoms with Crippen molar-refractivity contribution in [2.75, 3.05) is 5.32 Å². The molecule has 0 aromatic heterocycles. The van der Waals surface area contributed by atoms with E-state index in [1.807, 2.05) is 0 Å². The van der Waals surface area contributed by atoms with Gasteiger partial charge >= 0.3 is 0 Å². The van der Waals surface area contributed by atoms with Gasteiger partial charge in [0.25, 0.3) is 5.69 Å². The van der Waals surface area contributed by atoms with Crippen LogP contribution in [0.4, 0.5) is 15.8 Å². The SMILES string of the molecule is CCC(Br)C(=O)Nc1cc(F)ccc1[N+](=O)[O-]. The van der Waals surface area contributed by atoms with Gasteiger partial charge in [0.05, 0.1) is 9.75 Å². The molecule has 1 unspecified atom stereocenters. The third kappa shape index (κ3) is 3.48. The molecular weight excluding hydrogens is 295 g/mol. The summed E-state index contributed by atoms with van der Waals surface area (Å²) >= 11 is 3.10. The average molecular weight is 305 g/mol. The van der Waals surface area contributed by atoms with Gasteiger partial charge in [-0.3, -0.25) is 14.9 Å². The van der Waals surface area contributed by atoms with Crippen molar-refractivity contribution < 1.29 is 14.1 Å². The number of hydrogen-bond donors (Lipinski definition) is 1. The molecule has 1 aromatic carbocycles. The molecule has 0 saturated carbocycles. The first-order chi connectivity index (χ1) is 7.95. The maximum absolute atomic E-state index is 13.0. The minimum absolute atomic E-state index is 0.141. The van der Waals surface area contributed by atoms with Gasteiger partial charge in [0, 0.05) is 12.1 Å². The van der Waals surface area contributed by atoms with Crippen molar-refractivity contribution >= 4 is 33.2 Å². The molecule has 0 aliphatic carbocycles. The second-order valence-corrected chi connectivity index (χ2v) is 4.39. The smallest absolute Gasteiger partial charge is 0.292 e. The molecule has 5 nitrogen and oxygen atoms in total. The summed E-state index contributed by atoms with van der Waals surface area (Å²) in [6.45, 7) is 1.78. The van der Waals surface area contributed by atoms with E-state index < -0.39 is 21.5 Å². The zero-order chi connectivity index (χ0) is 13.0. The summed E-state index contributed by atoms with van der Waals surface area (Å²) in [7, 11) is 0. The van der Waals surface area contributed by atoms with Crippen molar-refractivity contribution in [3.63, 3.8) is 0 Å². The lowest BCUT2D eigenvalue weighted by atomic mass is 10.2. The maximum Gasteiger partial charge on any atom is 0.292 e. The van der Waals surface area contributed by atoms with Crippen molar-refractivity contribution in [3.8, 4) is 0 Å². The van der Waals surface area contributed by atoms with Crippen LogP contribution >= 0.6 is 15.9 Å². The Morgan fingerprint density at radius 2 is 2.29 bits per heavy atom. The number of carbonyl (C=O) groups excluding carboxylic acids is 1. The van der Waals surface area contributed by atoms with Gasteiger partial charge in [0.15, 0.2) is 0 Å². The van der Waals surface area contributed by atoms with Crippen LogP contribution in [0.15, 0.2) is 18.2 Å². The molecule has 0 bridgehead atoms. The molecule has 0 aliphatic heterocycles. The van der Waals surface area contributed by atoms with Crippen LogP contribution in [0.25, 0.3) is 0 Å². The first-order valence-electron chi connectivity index (χ1n) is 4.84. The molecule has 1 rings (SSSR count). The average Bonchev–Trinajstić information content (AvgIpc) is 2.27. The molecule has 92 valence electrons. The number of alkyl halides is 1. The van der Waals surface area contributed by atoms with E-state index in [1.165, 1.54) is 0 Å². The summed E-state index contributed by atoms with van der Waals surface area (Å²) in [5.41, 5.74) is -0.478. The third-order valence-corrected chi connectivity index (χ3v) is 3.12. The number of carbonyl (C=O) groups is 1. The van der Waals surface area contributed by atoms with E-state index in [9.17, 15) is 19.3 Å². The number of nitrogens with one attached hydrogen (secondary N) is 1. The van der Waals surface area contributed by atoms with Crippen molar-refractivity contribution in [2.24, 2.45) is 0 Å². The number of hydrogen-bond acceptors (Lipinski definition) is 3. The Kier molecular flexibility index (Phi) is 4.56. The van der Waals surface area contributed by atoms with Gasteiger partial charge in [0.1, 0.15) is 11.5 Å². The van der Waals surface area contributed by atoms with E-state index in [2.05, 4.69) is 21.2 Å². The zero-order valence-corrected chi connectivity index (χ0v) is 10.5. The first kappa shape index (κ1) is 13.6. The van der Waals surface area contributed by atoms with Gasteiger partial charge in [-0.2, -0.15) is 0 Å². The van der Waals surface area contributed by atoms with Crippen molar-refractivity contribution in [2.45, 2.75) is 18.2 Å². The number of nitro benzene ring substituents is 1. The number of amides is 1. The quantitative estimate of drug-likeness (QED) is 0.528. The Bertz CT molecular complexity index is 453. The van der Waals surface area contributed by atoms with Crippen LogP contribution < -0.4 is 5.32 Å². The Labute approximate surface area is 105 Å². The number of benzene rings is 1. The monoisotopic (exact) mass is 304 g/mol. The van der Waals surface area contributed by atoms with Crippen LogP contribution in [-0.4, -0.2) is 15.7 Å². The molecule has 1 atom stereocenters. The fourth-order valence-electron chi connectivity index (χ4n) is 1.16. The number of nitrogens with zero attached hydrogens (tertiary/aromatic N) is 1. The fourth-order valence-corrected chi connectivity index (χ4v) is 1.28. The largest absolute Gasteiger partial charge is 0.319 e. The van der Waals surface area contributed by atoms with E-state index >= 15 is 0 Å². The highest BCUT2D eigenvalue weighted by atomic mass is 79.9. The van der Waals surface area contributed by atoms with Gasteiger partial charge in [-0.05, 0) is 12.5 Å². The number of nitro groups is 1. The third-order valence-electron chi connectivity index (χ3n) is 2.06. The zero-order valence-electron chi connectivity index (χ0n) is 8.94. The second kappa shape index (κ2) is 5.72. The van der Waals surface area contributed by atoms with Gasteiger partial charge in [-0.15, -0.1) is 0 Å². The predicted octanol–water partition coefficient (Wildman–Crippen LogP) is 2.85. The molecule has 7 heteroatoms. The summed E-state index contributed by atoms with van der Waals surface area (Å²) in [6.07, 6.45) is 0.523. The Morgan fingerprint density at radius 3 is 2.82 bits per heavy atom. The minimum Gasteiger partial charge on any atom is -0.319 e. The summed E-state index contributed by atoms with van der Waals surface area (Å²) in [5.74, 6) is -1.09. The van der Waals surface area contributed by atoms with E-state index in [0.717, 1.165) is 18.2 Å². The summed E-state index contributed by atoms with van der Waals surface area (Å²) < 4.78 is 13.0. The van der Waals surface area contributed by atoms with E-state index in [1.54, 1.807) is 6.92 Å². The van der Waals surface area contributed by atoms with E-state index in [0.29, 0.717) is 6.42 Å². The standard InChI is InChI=1S/C10H10BrFN2O3/c1-2-7(11)10(15)13-8-5-6(12)3-4-9(8)14(16)17/h3-5,7H,2H2,1H3,(H,13,15). The molecule has 1 aromatic rings. The highest BCUT2D eigenvalue weighted by Gasteiger charge is 2.19. The Hall–Kier alpha value is -1.50. The van der Waals surface area contributed by atoms with Crippen LogP contribution in [0.5, 0.6) is 0 Å². The number of anilines is 1. The molecule has 0 aliphatic rings. The summed E-state index contributed by atoms with van der Waals surface area (Å²) in [6, 6.07) is 2.91. The van der Waals surface area contributed by atoms with Crippen LogP contribution in [0.1, 0.15) is 13.3 Å². The second-order valence-electron chi connectivity index (χ2n) is 3.28. The van der Waals surface area contributed by atoms with E-state index in [-0.39, 0.29) is 11.4 Å². The molecule has 17 heavy (non-hydrogen) atoms. The molecule has 0 fully saturated rings. The summed E-state index contributed by atoms with van der Waals surface area (Å²) in [4.78, 5) is 21.1. The highest BCUT2D eigenvalue weighted by molar-refractivity contribution is 9.10. The predicted molar refractivity (Wildman–Crippen MR) is 64.7 cm³/mol. The van der Waals surface area contributed by atoms with Crippen molar-refractivity contribution in [1.82, 2.24) is 0 Å². The van der Waals surface area contributed by atoms with Crippen LogP contribution in [0, 0.1) is 15.9 Å². The molecule has 1 amide bonds. The van der Waals surface area contributed by atoms with Crippen LogP contribution in [0.3, 0.4) is 0 Å². The molecule has 0 saturated heterocycles. The molecule has 0 radical (unpaired) electrons. The molecular formula is C10H10BrFN2O3. The van der Waals surface area contributed by atoms with Crippen LogP contribution in [-0.2, 0) is 4.79 Å². The van der Waals surface area contributed by atoms with Crippen molar-refractivity contribution in [3.05, 3.63) is 34.1 Å². The normalized spacial score (nSPS) is 11.9. The molecule has 0 heterocycles. The lowest BCUT2D eigenvalue weighted by Gasteiger charge is -2.09. The fraction of sp³-hybridized carbons (Fsp3) is 0.300. The topological polar surface area (TPSA) is 72.2 Å². The van der Waals surface area contributed by atoms with Gasteiger partial charge in [-0.25, -0.2) is 4.39 Å². The lowest BCUT2D eigenvalue weighted by Crippen LogP contribution is -2.22. The molecule has 0 spiro atoms. The number of rotatable bonds is 4. The van der Waals surface area contributed by atoms with Crippen LogP contribution in [0.2, 0.25) is 0 Å². The molecule has 1 N–H and O–H groups in total. The van der Waals surface area contributed by atoms with Crippen molar-refractivity contribution in [1.29, 1.82) is 0 Å². The Morgan fingerprint density at radius 1 is 1.65 bits per heavy atom.